The fourth-order valence-corrected chi connectivity index (χ4v) is 4.49. The first-order valence-electron chi connectivity index (χ1n) is 10.1. The van der Waals surface area contributed by atoms with Gasteiger partial charge in [0.1, 0.15) is 6.04 Å². The first-order chi connectivity index (χ1) is 15.6. The summed E-state index contributed by atoms with van der Waals surface area (Å²) in [5, 5.41) is 15.4. The third-order valence-electron chi connectivity index (χ3n) is 5.53. The minimum atomic E-state index is -0.383. The summed E-state index contributed by atoms with van der Waals surface area (Å²) in [5.41, 5.74) is 3.52. The number of thiocarbonyl (C=S) groups is 1. The first kappa shape index (κ1) is 19.9. The molecule has 1 aliphatic rings. The van der Waals surface area contributed by atoms with Crippen LogP contribution in [-0.4, -0.2) is 19.6 Å². The normalized spacial score (nSPS) is 17.9. The Morgan fingerprint density at radius 3 is 2.47 bits per heavy atom. The van der Waals surface area contributed by atoms with Gasteiger partial charge in [0, 0.05) is 35.9 Å². The van der Waals surface area contributed by atoms with Gasteiger partial charge in [-0.25, -0.2) is 0 Å². The van der Waals surface area contributed by atoms with Gasteiger partial charge in [-0.15, -0.1) is 0 Å². The Balaban J connectivity index is 1.66. The monoisotopic (exact) mass is 441 g/mol. The maximum atomic E-state index is 11.3. The van der Waals surface area contributed by atoms with Crippen molar-refractivity contribution in [1.29, 1.82) is 0 Å². The highest BCUT2D eigenvalue weighted by molar-refractivity contribution is 7.80. The minimum absolute atomic E-state index is 0.0448. The van der Waals surface area contributed by atoms with Crippen LogP contribution in [-0.2, 0) is 0 Å². The van der Waals surface area contributed by atoms with E-state index in [0.29, 0.717) is 10.8 Å². The van der Waals surface area contributed by atoms with Gasteiger partial charge in [0.15, 0.2) is 5.11 Å². The molecule has 0 bridgehead atoms. The van der Waals surface area contributed by atoms with E-state index in [9.17, 15) is 10.1 Å². The molecule has 2 atom stereocenters. The minimum Gasteiger partial charge on any atom is -0.351 e. The SMILES string of the molecule is O=[N+]([O-])c1cccc(-n2cccc2C2C(c3ccccn3)NC(=S)N2c2ccccc2)c1. The van der Waals surface area contributed by atoms with Crippen LogP contribution in [0.15, 0.2) is 97.3 Å². The highest BCUT2D eigenvalue weighted by atomic mass is 32.1. The van der Waals surface area contributed by atoms with E-state index in [1.54, 1.807) is 18.3 Å². The quantitative estimate of drug-likeness (QED) is 0.268. The van der Waals surface area contributed by atoms with Crippen LogP contribution < -0.4 is 10.2 Å². The number of nitro benzene ring substituents is 1. The van der Waals surface area contributed by atoms with Gasteiger partial charge in [-0.3, -0.25) is 15.1 Å². The summed E-state index contributed by atoms with van der Waals surface area (Å²) >= 11 is 5.75. The van der Waals surface area contributed by atoms with E-state index in [1.165, 1.54) is 6.07 Å². The molecule has 1 fully saturated rings. The molecule has 8 heteroatoms. The molecule has 0 spiro atoms. The maximum absolute atomic E-state index is 11.3. The van der Waals surface area contributed by atoms with Gasteiger partial charge in [0.2, 0.25) is 0 Å². The number of aromatic nitrogens is 2. The molecule has 0 amide bonds. The van der Waals surface area contributed by atoms with Crippen LogP contribution in [0.2, 0.25) is 0 Å². The largest absolute Gasteiger partial charge is 0.351 e. The van der Waals surface area contributed by atoms with E-state index in [4.69, 9.17) is 12.2 Å². The lowest BCUT2D eigenvalue weighted by atomic mass is 10.0. The number of nitrogens with zero attached hydrogens (tertiary/aromatic N) is 4. The molecule has 5 rings (SSSR count). The van der Waals surface area contributed by atoms with Crippen molar-refractivity contribution in [2.75, 3.05) is 4.90 Å². The van der Waals surface area contributed by atoms with Crippen molar-refractivity contribution in [3.63, 3.8) is 0 Å². The molecule has 1 N–H and O–H groups in total. The highest BCUT2D eigenvalue weighted by Gasteiger charge is 2.42. The molecule has 0 radical (unpaired) electrons. The number of hydrogen-bond acceptors (Lipinski definition) is 4. The van der Waals surface area contributed by atoms with Gasteiger partial charge in [-0.2, -0.15) is 0 Å². The molecule has 7 nitrogen and oxygen atoms in total. The molecular weight excluding hydrogens is 422 g/mol. The highest BCUT2D eigenvalue weighted by Crippen LogP contribution is 2.42. The molecule has 158 valence electrons. The average molecular weight is 442 g/mol. The molecule has 4 aromatic rings. The fourth-order valence-electron chi connectivity index (χ4n) is 4.15. The van der Waals surface area contributed by atoms with Crippen LogP contribution in [0, 0.1) is 10.1 Å². The molecular formula is C24H19N5O2S. The standard InChI is InChI=1S/C24H19N5O2S/c30-29(31)19-11-6-10-18(16-19)27-15-7-13-21(27)23-22(20-12-4-5-14-25-20)26-24(32)28(23)17-8-2-1-3-9-17/h1-16,22-23H,(H,26,32). The molecule has 1 aliphatic heterocycles. The van der Waals surface area contributed by atoms with Gasteiger partial charge >= 0.3 is 0 Å². The van der Waals surface area contributed by atoms with Crippen molar-refractivity contribution in [2.45, 2.75) is 12.1 Å². The Bertz CT molecular complexity index is 1280. The second-order valence-electron chi connectivity index (χ2n) is 7.41. The van der Waals surface area contributed by atoms with Crippen LogP contribution in [0.5, 0.6) is 0 Å². The fraction of sp³-hybridized carbons (Fsp3) is 0.0833. The summed E-state index contributed by atoms with van der Waals surface area (Å²) in [6.45, 7) is 0. The number of para-hydroxylation sites is 1. The zero-order chi connectivity index (χ0) is 22.1. The Morgan fingerprint density at radius 2 is 1.72 bits per heavy atom. The Labute approximate surface area is 190 Å². The van der Waals surface area contributed by atoms with Gasteiger partial charge in [0.05, 0.1) is 22.3 Å². The summed E-state index contributed by atoms with van der Waals surface area (Å²) in [7, 11) is 0. The Kier molecular flexibility index (Phi) is 5.12. The van der Waals surface area contributed by atoms with Gasteiger partial charge in [-0.05, 0) is 54.7 Å². The van der Waals surface area contributed by atoms with Crippen LogP contribution in [0.4, 0.5) is 11.4 Å². The number of non-ortho nitro benzene ring substituents is 1. The topological polar surface area (TPSA) is 76.2 Å². The second-order valence-corrected chi connectivity index (χ2v) is 7.80. The smallest absolute Gasteiger partial charge is 0.271 e. The number of nitrogens with one attached hydrogen (secondary N) is 1. The lowest BCUT2D eigenvalue weighted by Crippen LogP contribution is -2.30. The molecule has 1 saturated heterocycles. The van der Waals surface area contributed by atoms with Crippen LogP contribution in [0.1, 0.15) is 23.5 Å². The third-order valence-corrected chi connectivity index (χ3v) is 5.85. The number of nitro groups is 1. The average Bonchev–Trinajstić information content (AvgIpc) is 3.44. The zero-order valence-corrected chi connectivity index (χ0v) is 17.7. The summed E-state index contributed by atoms with van der Waals surface area (Å²) in [6, 6.07) is 25.9. The summed E-state index contributed by atoms with van der Waals surface area (Å²) in [6.07, 6.45) is 3.68. The third kappa shape index (κ3) is 3.50. The number of benzene rings is 2. The summed E-state index contributed by atoms with van der Waals surface area (Å²) in [5.74, 6) is 0. The van der Waals surface area contributed by atoms with E-state index in [-0.39, 0.29) is 22.7 Å². The van der Waals surface area contributed by atoms with Crippen molar-refractivity contribution < 1.29 is 4.92 Å². The molecule has 32 heavy (non-hydrogen) atoms. The predicted octanol–water partition coefficient (Wildman–Crippen LogP) is 4.96. The van der Waals surface area contributed by atoms with E-state index < -0.39 is 0 Å². The summed E-state index contributed by atoms with van der Waals surface area (Å²) < 4.78 is 1.97. The molecule has 0 aliphatic carbocycles. The zero-order valence-electron chi connectivity index (χ0n) is 16.9. The van der Waals surface area contributed by atoms with Gasteiger partial charge in [-0.1, -0.05) is 30.3 Å². The number of pyridine rings is 1. The molecule has 2 aromatic carbocycles. The van der Waals surface area contributed by atoms with Gasteiger partial charge in [0.25, 0.3) is 5.69 Å². The van der Waals surface area contributed by atoms with E-state index in [2.05, 4.69) is 15.2 Å². The number of rotatable bonds is 5. The van der Waals surface area contributed by atoms with Crippen molar-refractivity contribution in [1.82, 2.24) is 14.9 Å². The Morgan fingerprint density at radius 1 is 0.938 bits per heavy atom. The van der Waals surface area contributed by atoms with Crippen LogP contribution in [0.25, 0.3) is 5.69 Å². The number of hydrogen-bond donors (Lipinski definition) is 1. The first-order valence-corrected chi connectivity index (χ1v) is 10.5. The molecule has 3 heterocycles. The predicted molar refractivity (Wildman–Crippen MR) is 127 cm³/mol. The van der Waals surface area contributed by atoms with Crippen LogP contribution >= 0.6 is 12.2 Å². The molecule has 0 saturated carbocycles. The van der Waals surface area contributed by atoms with E-state index in [1.807, 2.05) is 77.5 Å². The molecule has 2 unspecified atom stereocenters. The molecule has 2 aromatic heterocycles. The van der Waals surface area contributed by atoms with Crippen molar-refractivity contribution in [2.24, 2.45) is 0 Å². The maximum Gasteiger partial charge on any atom is 0.271 e. The summed E-state index contributed by atoms with van der Waals surface area (Å²) in [4.78, 5) is 17.6. The Hall–Kier alpha value is -4.04. The second kappa shape index (κ2) is 8.24. The lowest BCUT2D eigenvalue weighted by Gasteiger charge is -2.29. The van der Waals surface area contributed by atoms with Gasteiger partial charge < -0.3 is 14.8 Å². The van der Waals surface area contributed by atoms with Crippen molar-refractivity contribution in [3.8, 4) is 5.69 Å². The number of anilines is 1. The van der Waals surface area contributed by atoms with Crippen molar-refractivity contribution >= 4 is 28.7 Å². The van der Waals surface area contributed by atoms with Crippen molar-refractivity contribution in [3.05, 3.63) is 119 Å². The van der Waals surface area contributed by atoms with E-state index in [0.717, 1.165) is 17.1 Å². The lowest BCUT2D eigenvalue weighted by molar-refractivity contribution is -0.384. The van der Waals surface area contributed by atoms with E-state index >= 15 is 0 Å². The van der Waals surface area contributed by atoms with Crippen LogP contribution in [0.3, 0.4) is 0 Å².